The third kappa shape index (κ3) is 7.63. The number of fused-ring (bicyclic) bond motifs is 2. The molecule has 1 saturated carbocycles. The number of para-hydroxylation sites is 2. The molecule has 0 amide bonds. The highest BCUT2D eigenvalue weighted by Gasteiger charge is 2.25. The molecule has 248 valence electrons. The lowest BCUT2D eigenvalue weighted by Crippen LogP contribution is -2.33. The Morgan fingerprint density at radius 1 is 0.894 bits per heavy atom. The molecule has 2 heterocycles. The number of aromatic nitrogens is 3. The van der Waals surface area contributed by atoms with Crippen molar-refractivity contribution in [3.63, 3.8) is 0 Å². The van der Waals surface area contributed by atoms with Crippen molar-refractivity contribution >= 4 is 33.6 Å². The highest BCUT2D eigenvalue weighted by Crippen LogP contribution is 2.35. The molecule has 1 aliphatic carbocycles. The molecule has 3 N–H and O–H groups in total. The van der Waals surface area contributed by atoms with E-state index in [2.05, 4.69) is 115 Å². The van der Waals surface area contributed by atoms with Crippen molar-refractivity contribution in [3.8, 4) is 0 Å². The van der Waals surface area contributed by atoms with Crippen LogP contribution in [0.25, 0.3) is 21.8 Å². The maximum Gasteiger partial charge on any atom is 0.225 e. The minimum Gasteiger partial charge on any atom is -0.388 e. The Bertz CT molecular complexity index is 1780. The second-order valence-corrected chi connectivity index (χ2v) is 14.8. The summed E-state index contributed by atoms with van der Waals surface area (Å²) in [6, 6.07) is 25.8. The maximum atomic E-state index is 11.5. The number of benzene rings is 3. The molecule has 7 nitrogen and oxygen atoms in total. The molecule has 2 atom stereocenters. The highest BCUT2D eigenvalue weighted by atomic mass is 16.3. The normalized spacial score (nSPS) is 18.4. The van der Waals surface area contributed by atoms with E-state index >= 15 is 0 Å². The van der Waals surface area contributed by atoms with Crippen LogP contribution in [-0.4, -0.2) is 52.9 Å². The third-order valence-electron chi connectivity index (χ3n) is 10.0. The number of rotatable bonds is 11. The van der Waals surface area contributed by atoms with Gasteiger partial charge in [-0.2, -0.15) is 4.98 Å². The van der Waals surface area contributed by atoms with Crippen molar-refractivity contribution in [2.24, 2.45) is 13.0 Å². The van der Waals surface area contributed by atoms with Gasteiger partial charge in [0, 0.05) is 62.1 Å². The van der Waals surface area contributed by atoms with Gasteiger partial charge in [-0.3, -0.25) is 0 Å². The molecule has 2 unspecified atom stereocenters. The van der Waals surface area contributed by atoms with Crippen LogP contribution in [0.3, 0.4) is 0 Å². The lowest BCUT2D eigenvalue weighted by atomic mass is 9.85. The number of anilines is 2. The Labute approximate surface area is 280 Å². The number of nitrogens with one attached hydrogen (secondary N) is 2. The van der Waals surface area contributed by atoms with Crippen molar-refractivity contribution in [1.82, 2.24) is 19.9 Å². The van der Waals surface area contributed by atoms with Crippen LogP contribution in [0.2, 0.25) is 0 Å². The lowest BCUT2D eigenvalue weighted by Gasteiger charge is -2.30. The Morgan fingerprint density at radius 3 is 2.28 bits per heavy atom. The number of hydrogen-bond donors (Lipinski definition) is 3. The van der Waals surface area contributed by atoms with E-state index in [9.17, 15) is 5.11 Å². The summed E-state index contributed by atoms with van der Waals surface area (Å²) in [5.41, 5.74) is 5.88. The predicted octanol–water partition coefficient (Wildman–Crippen LogP) is 7.95. The standard InChI is InChI=1S/C40H52N6O/c1-40(2,3)30-19-17-28(18-20-30)37(47)23-29(34-26-46(6)36-14-10-8-11-32(34)36)25-41-24-27-15-21-31(22-16-27)42-39-43-35-13-9-7-12-33(35)38(44-39)45(4)5/h7-14,17-20,26-27,29,31,37,41,47H,15-16,21-25H2,1-6H3,(H,42,43,44)/t27-,29?,31+,37?. The zero-order chi connectivity index (χ0) is 33.1. The summed E-state index contributed by atoms with van der Waals surface area (Å²) in [4.78, 5) is 11.8. The second kappa shape index (κ2) is 14.0. The summed E-state index contributed by atoms with van der Waals surface area (Å²) in [6.45, 7) is 8.50. The summed E-state index contributed by atoms with van der Waals surface area (Å²) in [5.74, 6) is 2.49. The van der Waals surface area contributed by atoms with E-state index in [0.29, 0.717) is 18.4 Å². The number of nitrogens with zero attached hydrogens (tertiary/aromatic N) is 4. The molecule has 7 heteroatoms. The van der Waals surface area contributed by atoms with Gasteiger partial charge in [-0.1, -0.05) is 75.4 Å². The highest BCUT2D eigenvalue weighted by molar-refractivity contribution is 5.90. The molecule has 0 saturated heterocycles. The van der Waals surface area contributed by atoms with Gasteiger partial charge in [-0.15, -0.1) is 0 Å². The zero-order valence-electron chi connectivity index (χ0n) is 29.0. The van der Waals surface area contributed by atoms with Gasteiger partial charge in [0.15, 0.2) is 0 Å². The van der Waals surface area contributed by atoms with Gasteiger partial charge in [-0.25, -0.2) is 4.98 Å². The van der Waals surface area contributed by atoms with Crippen molar-refractivity contribution in [2.75, 3.05) is 37.4 Å². The minimum atomic E-state index is -0.526. The fraction of sp³-hybridized carbons (Fsp3) is 0.450. The third-order valence-corrected chi connectivity index (χ3v) is 10.0. The van der Waals surface area contributed by atoms with E-state index < -0.39 is 6.10 Å². The molecule has 0 aliphatic heterocycles. The van der Waals surface area contributed by atoms with Crippen LogP contribution in [0, 0.1) is 5.92 Å². The van der Waals surface area contributed by atoms with E-state index in [0.717, 1.165) is 54.2 Å². The first-order chi connectivity index (χ1) is 22.6. The van der Waals surface area contributed by atoms with Crippen LogP contribution in [0.15, 0.2) is 79.0 Å². The van der Waals surface area contributed by atoms with Crippen molar-refractivity contribution in [3.05, 3.63) is 95.7 Å². The van der Waals surface area contributed by atoms with Crippen molar-refractivity contribution in [2.45, 2.75) is 76.4 Å². The van der Waals surface area contributed by atoms with Crippen molar-refractivity contribution in [1.29, 1.82) is 0 Å². The quantitative estimate of drug-likeness (QED) is 0.137. The molecule has 0 radical (unpaired) electrons. The van der Waals surface area contributed by atoms with E-state index in [4.69, 9.17) is 9.97 Å². The Morgan fingerprint density at radius 2 is 1.57 bits per heavy atom. The molecule has 6 rings (SSSR count). The SMILES string of the molecule is CN(C)c1nc(N[C@H]2CC[C@@H](CNCC(CC(O)c3ccc(C(C)(C)C)cc3)c3cn(C)c4ccccc34)CC2)nc2ccccc12. The molecule has 3 aromatic carbocycles. The molecule has 47 heavy (non-hydrogen) atoms. The van der Waals surface area contributed by atoms with Crippen LogP contribution in [0.5, 0.6) is 0 Å². The summed E-state index contributed by atoms with van der Waals surface area (Å²) < 4.78 is 2.22. The lowest BCUT2D eigenvalue weighted by molar-refractivity contribution is 0.156. The largest absolute Gasteiger partial charge is 0.388 e. The summed E-state index contributed by atoms with van der Waals surface area (Å²) in [6.07, 6.45) is 6.96. The summed E-state index contributed by atoms with van der Waals surface area (Å²) in [5, 5.41) is 21.3. The van der Waals surface area contributed by atoms with Gasteiger partial charge in [-0.05, 0) is 84.9 Å². The monoisotopic (exact) mass is 632 g/mol. The number of hydrogen-bond acceptors (Lipinski definition) is 6. The molecule has 0 spiro atoms. The van der Waals surface area contributed by atoms with Crippen LogP contribution >= 0.6 is 0 Å². The van der Waals surface area contributed by atoms with Gasteiger partial charge >= 0.3 is 0 Å². The van der Waals surface area contributed by atoms with Crippen LogP contribution in [-0.2, 0) is 12.5 Å². The van der Waals surface area contributed by atoms with Crippen LogP contribution in [0.4, 0.5) is 11.8 Å². The zero-order valence-corrected chi connectivity index (χ0v) is 29.0. The number of aliphatic hydroxyl groups is 1. The van der Waals surface area contributed by atoms with E-state index in [-0.39, 0.29) is 11.3 Å². The van der Waals surface area contributed by atoms with E-state index in [1.807, 2.05) is 26.2 Å². The average Bonchev–Trinajstić information content (AvgIpc) is 3.40. The second-order valence-electron chi connectivity index (χ2n) is 14.8. The summed E-state index contributed by atoms with van der Waals surface area (Å²) >= 11 is 0. The van der Waals surface area contributed by atoms with Crippen molar-refractivity contribution < 1.29 is 5.11 Å². The van der Waals surface area contributed by atoms with Gasteiger partial charge < -0.3 is 25.2 Å². The molecule has 1 aliphatic rings. The number of aryl methyl sites for hydroxylation is 1. The molecular weight excluding hydrogens is 580 g/mol. The fourth-order valence-electron chi connectivity index (χ4n) is 7.25. The first kappa shape index (κ1) is 33.0. The topological polar surface area (TPSA) is 78.2 Å². The Balaban J connectivity index is 1.08. The van der Waals surface area contributed by atoms with Crippen LogP contribution < -0.4 is 15.5 Å². The molecule has 1 fully saturated rings. The van der Waals surface area contributed by atoms with Gasteiger partial charge in [0.2, 0.25) is 5.95 Å². The van der Waals surface area contributed by atoms with Gasteiger partial charge in [0.25, 0.3) is 0 Å². The van der Waals surface area contributed by atoms with Gasteiger partial charge in [0.05, 0.1) is 11.6 Å². The van der Waals surface area contributed by atoms with Crippen LogP contribution in [0.1, 0.15) is 81.6 Å². The van der Waals surface area contributed by atoms with E-state index in [1.54, 1.807) is 0 Å². The molecule has 0 bridgehead atoms. The fourth-order valence-corrected chi connectivity index (χ4v) is 7.25. The Hall–Kier alpha value is -3.94. The first-order valence-electron chi connectivity index (χ1n) is 17.3. The molecule has 2 aromatic heterocycles. The molecule has 5 aromatic rings. The minimum absolute atomic E-state index is 0.0912. The Kier molecular flexibility index (Phi) is 9.85. The van der Waals surface area contributed by atoms with Gasteiger partial charge in [0.1, 0.15) is 5.82 Å². The average molecular weight is 633 g/mol. The number of aliphatic hydroxyl groups excluding tert-OH is 1. The molecular formula is C40H52N6O. The maximum absolute atomic E-state index is 11.5. The summed E-state index contributed by atoms with van der Waals surface area (Å²) in [7, 11) is 6.19. The first-order valence-corrected chi connectivity index (χ1v) is 17.3. The smallest absolute Gasteiger partial charge is 0.225 e. The predicted molar refractivity (Wildman–Crippen MR) is 196 cm³/mol. The van der Waals surface area contributed by atoms with E-state index in [1.165, 1.54) is 34.9 Å².